The summed E-state index contributed by atoms with van der Waals surface area (Å²) in [5.41, 5.74) is 6.86. The van der Waals surface area contributed by atoms with E-state index in [9.17, 15) is 8.78 Å². The number of halogens is 2. The van der Waals surface area contributed by atoms with E-state index in [1.807, 2.05) is 0 Å². The molecule has 5 heteroatoms. The molecular weight excluding hydrogens is 252 g/mol. The highest BCUT2D eigenvalue weighted by molar-refractivity contribution is 5.50. The first-order valence-corrected chi connectivity index (χ1v) is 6.27. The molecule has 1 aromatic rings. The molecule has 1 saturated carbocycles. The zero-order valence-electron chi connectivity index (χ0n) is 10.9. The lowest BCUT2D eigenvalue weighted by molar-refractivity contribution is -0.0507. The fraction of sp³-hybridized carbons (Fsp3) is 0.500. The first-order chi connectivity index (χ1) is 9.10. The third-order valence-corrected chi connectivity index (χ3v) is 3.42. The van der Waals surface area contributed by atoms with Gasteiger partial charge in [0.1, 0.15) is 5.75 Å². The lowest BCUT2D eigenvalue weighted by Gasteiger charge is -2.36. The van der Waals surface area contributed by atoms with E-state index in [1.54, 1.807) is 19.2 Å². The molecule has 1 fully saturated rings. The van der Waals surface area contributed by atoms with Crippen LogP contribution in [0.1, 0.15) is 30.7 Å². The summed E-state index contributed by atoms with van der Waals surface area (Å²) in [6.07, 6.45) is 2.76. The van der Waals surface area contributed by atoms with Crippen LogP contribution in [0, 0.1) is 5.92 Å². The minimum Gasteiger partial charge on any atom is -0.434 e. The second kappa shape index (κ2) is 6.19. The molecule has 1 aromatic carbocycles. The largest absolute Gasteiger partial charge is 0.434 e. The Hall–Kier alpha value is -1.36. The van der Waals surface area contributed by atoms with Crippen LogP contribution in [0.5, 0.6) is 5.75 Å². The molecule has 1 aliphatic carbocycles. The van der Waals surface area contributed by atoms with Gasteiger partial charge in [-0.1, -0.05) is 6.07 Å². The second-order valence-corrected chi connectivity index (χ2v) is 4.77. The van der Waals surface area contributed by atoms with E-state index in [0.717, 1.165) is 24.8 Å². The van der Waals surface area contributed by atoms with Crippen LogP contribution in [0.4, 0.5) is 14.5 Å². The van der Waals surface area contributed by atoms with Crippen LogP contribution >= 0.6 is 0 Å². The molecule has 1 aliphatic rings. The Kier molecular flexibility index (Phi) is 4.58. The predicted octanol–water partition coefficient (Wildman–Crippen LogP) is 3.36. The molecule has 105 valence electrons. The van der Waals surface area contributed by atoms with E-state index < -0.39 is 6.61 Å². The van der Waals surface area contributed by atoms with Crippen LogP contribution in [0.15, 0.2) is 18.2 Å². The summed E-state index contributed by atoms with van der Waals surface area (Å²) >= 11 is 0. The van der Waals surface area contributed by atoms with Crippen molar-refractivity contribution < 1.29 is 18.3 Å². The van der Waals surface area contributed by atoms with Gasteiger partial charge in [0.05, 0.1) is 0 Å². The van der Waals surface area contributed by atoms with Crippen molar-refractivity contribution in [2.75, 3.05) is 19.5 Å². The molecule has 0 amide bonds. The van der Waals surface area contributed by atoms with Crippen LogP contribution in [-0.2, 0) is 4.74 Å². The number of hydrogen-bond donors (Lipinski definition) is 1. The minimum absolute atomic E-state index is 0.200. The van der Waals surface area contributed by atoms with E-state index >= 15 is 0 Å². The van der Waals surface area contributed by atoms with Crippen LogP contribution < -0.4 is 10.5 Å². The minimum atomic E-state index is -2.82. The third-order valence-electron chi connectivity index (χ3n) is 3.42. The molecule has 0 bridgehead atoms. The first-order valence-electron chi connectivity index (χ1n) is 6.27. The van der Waals surface area contributed by atoms with Crippen molar-refractivity contribution in [3.63, 3.8) is 0 Å². The van der Waals surface area contributed by atoms with E-state index in [2.05, 4.69) is 4.74 Å². The molecule has 2 N–H and O–H groups in total. The molecule has 0 saturated heterocycles. The number of hydrogen-bond acceptors (Lipinski definition) is 3. The quantitative estimate of drug-likeness (QED) is 0.806. The molecule has 0 aliphatic heterocycles. The van der Waals surface area contributed by atoms with Crippen LogP contribution in [-0.4, -0.2) is 20.3 Å². The highest BCUT2D eigenvalue weighted by atomic mass is 19.3. The number of nitrogens with two attached hydrogens (primary N) is 1. The van der Waals surface area contributed by atoms with Crippen LogP contribution in [0.2, 0.25) is 0 Å². The van der Waals surface area contributed by atoms with Crippen molar-refractivity contribution in [1.82, 2.24) is 0 Å². The maximum absolute atomic E-state index is 12.4. The third kappa shape index (κ3) is 3.56. The van der Waals surface area contributed by atoms with E-state index in [-0.39, 0.29) is 11.7 Å². The van der Waals surface area contributed by atoms with Crippen molar-refractivity contribution in [2.45, 2.75) is 31.8 Å². The summed E-state index contributed by atoms with van der Waals surface area (Å²) in [4.78, 5) is 0. The molecule has 2 rings (SSSR count). The summed E-state index contributed by atoms with van der Waals surface area (Å²) in [6, 6.07) is 4.97. The molecule has 0 aromatic heterocycles. The van der Waals surface area contributed by atoms with Gasteiger partial charge in [-0.2, -0.15) is 8.78 Å². The first kappa shape index (κ1) is 14.1. The zero-order valence-corrected chi connectivity index (χ0v) is 10.9. The number of alkyl halides is 2. The summed E-state index contributed by atoms with van der Waals surface area (Å²) in [6.45, 7) is -2.11. The SMILES string of the molecule is COCC[C]1CC(c2ccc(N)cc2OC(F)F)C1. The number of ether oxygens (including phenoxy) is 2. The molecule has 0 unspecified atom stereocenters. The Morgan fingerprint density at radius 2 is 2.11 bits per heavy atom. The van der Waals surface area contributed by atoms with Gasteiger partial charge in [0.15, 0.2) is 0 Å². The van der Waals surface area contributed by atoms with Gasteiger partial charge in [0, 0.05) is 25.5 Å². The smallest absolute Gasteiger partial charge is 0.387 e. The second-order valence-electron chi connectivity index (χ2n) is 4.77. The summed E-state index contributed by atoms with van der Waals surface area (Å²) in [5, 5.41) is 0. The molecule has 19 heavy (non-hydrogen) atoms. The van der Waals surface area contributed by atoms with Crippen molar-refractivity contribution in [3.8, 4) is 5.75 Å². The standard InChI is InChI=1S/C14H18F2NO2/c1-18-5-4-9-6-10(7-9)12-3-2-11(17)8-13(12)19-14(15)16/h2-3,8,10,14H,4-7,17H2,1H3. The average Bonchev–Trinajstić information content (AvgIpc) is 2.28. The number of methoxy groups -OCH3 is 1. The molecule has 1 radical (unpaired) electrons. The Morgan fingerprint density at radius 1 is 1.37 bits per heavy atom. The average molecular weight is 270 g/mol. The molecule has 3 nitrogen and oxygen atoms in total. The maximum atomic E-state index is 12.4. The maximum Gasteiger partial charge on any atom is 0.387 e. The van der Waals surface area contributed by atoms with Gasteiger partial charge in [-0.15, -0.1) is 0 Å². The van der Waals surface area contributed by atoms with Crippen LogP contribution in [0.25, 0.3) is 0 Å². The normalized spacial score (nSPS) is 16.6. The Labute approximate surface area is 111 Å². The fourth-order valence-electron chi connectivity index (χ4n) is 2.39. The predicted molar refractivity (Wildman–Crippen MR) is 69.2 cm³/mol. The highest BCUT2D eigenvalue weighted by Crippen LogP contribution is 2.48. The molecule has 0 heterocycles. The van der Waals surface area contributed by atoms with E-state index in [4.69, 9.17) is 10.5 Å². The van der Waals surface area contributed by atoms with Crippen molar-refractivity contribution >= 4 is 5.69 Å². The Balaban J connectivity index is 2.01. The fourth-order valence-corrected chi connectivity index (χ4v) is 2.39. The lowest BCUT2D eigenvalue weighted by atomic mass is 9.70. The van der Waals surface area contributed by atoms with Gasteiger partial charge in [-0.25, -0.2) is 0 Å². The van der Waals surface area contributed by atoms with Crippen molar-refractivity contribution in [2.24, 2.45) is 0 Å². The van der Waals surface area contributed by atoms with Gasteiger partial charge < -0.3 is 15.2 Å². The highest BCUT2D eigenvalue weighted by Gasteiger charge is 2.32. The topological polar surface area (TPSA) is 44.5 Å². The van der Waals surface area contributed by atoms with Crippen LogP contribution in [0.3, 0.4) is 0 Å². The molecular formula is C14H18F2NO2. The van der Waals surface area contributed by atoms with Gasteiger partial charge >= 0.3 is 6.61 Å². The van der Waals surface area contributed by atoms with Crippen molar-refractivity contribution in [3.05, 3.63) is 29.7 Å². The molecule has 0 spiro atoms. The number of benzene rings is 1. The number of rotatable bonds is 6. The van der Waals surface area contributed by atoms with E-state index in [0.29, 0.717) is 12.3 Å². The molecule has 0 atom stereocenters. The van der Waals surface area contributed by atoms with Gasteiger partial charge in [0.25, 0.3) is 0 Å². The number of anilines is 1. The van der Waals surface area contributed by atoms with Gasteiger partial charge in [-0.3, -0.25) is 0 Å². The lowest BCUT2D eigenvalue weighted by Crippen LogP contribution is -2.22. The zero-order chi connectivity index (χ0) is 13.8. The summed E-state index contributed by atoms with van der Waals surface area (Å²) in [5.74, 6) is 1.86. The van der Waals surface area contributed by atoms with Gasteiger partial charge in [0.2, 0.25) is 0 Å². The number of nitrogen functional groups attached to an aromatic ring is 1. The summed E-state index contributed by atoms with van der Waals surface area (Å²) in [7, 11) is 1.67. The summed E-state index contributed by atoms with van der Waals surface area (Å²) < 4.78 is 34.3. The monoisotopic (exact) mass is 270 g/mol. The van der Waals surface area contributed by atoms with Crippen molar-refractivity contribution in [1.29, 1.82) is 0 Å². The van der Waals surface area contributed by atoms with E-state index in [1.165, 1.54) is 12.0 Å². The van der Waals surface area contributed by atoms with Gasteiger partial charge in [-0.05, 0) is 42.7 Å². The Morgan fingerprint density at radius 3 is 2.74 bits per heavy atom. The Bertz CT molecular complexity index is 420.